The molecule has 12 heavy (non-hydrogen) atoms. The molecule has 1 aromatic heterocycles. The van der Waals surface area contributed by atoms with Crippen LogP contribution in [0.1, 0.15) is 43.8 Å². The monoisotopic (exact) mass is 188 g/mol. The lowest BCUT2D eigenvalue weighted by Crippen LogP contribution is -1.88. The maximum atomic E-state index is 5.75. The predicted octanol–water partition coefficient (Wildman–Crippen LogP) is 2.71. The third-order valence-corrected chi connectivity index (χ3v) is 1.76. The van der Waals surface area contributed by atoms with Crippen LogP contribution in [-0.2, 0) is 6.42 Å². The van der Waals surface area contributed by atoms with Gasteiger partial charge in [0.1, 0.15) is 5.38 Å². The maximum Gasteiger partial charge on any atom is 0.244 e. The second kappa shape index (κ2) is 4.45. The van der Waals surface area contributed by atoms with Crippen molar-refractivity contribution in [1.82, 2.24) is 10.1 Å². The second-order valence-electron chi connectivity index (χ2n) is 2.77. The smallest absolute Gasteiger partial charge is 0.244 e. The van der Waals surface area contributed by atoms with E-state index in [1.165, 1.54) is 0 Å². The van der Waals surface area contributed by atoms with E-state index in [9.17, 15) is 0 Å². The molecule has 3 nitrogen and oxygen atoms in total. The zero-order valence-corrected chi connectivity index (χ0v) is 8.14. The largest absolute Gasteiger partial charge is 0.338 e. The number of aryl methyl sites for hydroxylation is 1. The average molecular weight is 189 g/mol. The van der Waals surface area contributed by atoms with E-state index in [-0.39, 0.29) is 5.38 Å². The van der Waals surface area contributed by atoms with Crippen molar-refractivity contribution in [3.63, 3.8) is 0 Å². The summed E-state index contributed by atoms with van der Waals surface area (Å²) in [5.74, 6) is 1.28. The highest BCUT2D eigenvalue weighted by atomic mass is 35.5. The number of hydrogen-bond donors (Lipinski definition) is 0. The van der Waals surface area contributed by atoms with Gasteiger partial charge in [-0.25, -0.2) is 0 Å². The fourth-order valence-electron chi connectivity index (χ4n) is 0.865. The van der Waals surface area contributed by atoms with Gasteiger partial charge in [-0.3, -0.25) is 0 Å². The van der Waals surface area contributed by atoms with Crippen molar-refractivity contribution in [2.75, 3.05) is 0 Å². The number of halogens is 1. The Morgan fingerprint density at radius 1 is 1.58 bits per heavy atom. The van der Waals surface area contributed by atoms with Crippen molar-refractivity contribution >= 4 is 11.6 Å². The summed E-state index contributed by atoms with van der Waals surface area (Å²) in [6.45, 7) is 3.95. The number of nitrogens with zero attached hydrogens (tertiary/aromatic N) is 2. The molecule has 68 valence electrons. The highest BCUT2D eigenvalue weighted by Crippen LogP contribution is 2.16. The Morgan fingerprint density at radius 2 is 2.33 bits per heavy atom. The summed E-state index contributed by atoms with van der Waals surface area (Å²) in [4.78, 5) is 4.14. The standard InChI is InChI=1S/C8H13ClN2O/c1-3-4-5-7-10-8(6(2)9)12-11-7/h6H,3-5H2,1-2H3/t6-/m0/s1. The van der Waals surface area contributed by atoms with Gasteiger partial charge in [0.05, 0.1) is 0 Å². The molecule has 0 spiro atoms. The van der Waals surface area contributed by atoms with Gasteiger partial charge in [-0.15, -0.1) is 11.6 Å². The Bertz CT molecular complexity index is 235. The van der Waals surface area contributed by atoms with Crippen LogP contribution in [0.25, 0.3) is 0 Å². The molecular weight excluding hydrogens is 176 g/mol. The minimum absolute atomic E-state index is 0.187. The quantitative estimate of drug-likeness (QED) is 0.682. The average Bonchev–Trinajstić information content (AvgIpc) is 2.48. The van der Waals surface area contributed by atoms with Gasteiger partial charge in [-0.1, -0.05) is 18.5 Å². The molecule has 0 N–H and O–H groups in total. The van der Waals surface area contributed by atoms with E-state index in [4.69, 9.17) is 16.1 Å². The summed E-state index contributed by atoms with van der Waals surface area (Å²) < 4.78 is 4.93. The molecule has 0 aliphatic rings. The Hall–Kier alpha value is -0.570. The summed E-state index contributed by atoms with van der Waals surface area (Å²) in [6.07, 6.45) is 3.11. The molecule has 0 aliphatic carbocycles. The molecule has 1 atom stereocenters. The lowest BCUT2D eigenvalue weighted by atomic mass is 10.2. The summed E-state index contributed by atoms with van der Waals surface area (Å²) in [5, 5.41) is 3.62. The third kappa shape index (κ3) is 2.48. The van der Waals surface area contributed by atoms with Crippen molar-refractivity contribution in [2.24, 2.45) is 0 Å². The summed E-state index contributed by atoms with van der Waals surface area (Å²) in [7, 11) is 0. The van der Waals surface area contributed by atoms with Crippen LogP contribution in [0.15, 0.2) is 4.52 Å². The molecule has 1 rings (SSSR count). The van der Waals surface area contributed by atoms with Gasteiger partial charge in [0, 0.05) is 6.42 Å². The number of hydrogen-bond acceptors (Lipinski definition) is 3. The summed E-state index contributed by atoms with van der Waals surface area (Å²) in [5.41, 5.74) is 0. The first-order valence-corrected chi connectivity index (χ1v) is 4.64. The fourth-order valence-corrected chi connectivity index (χ4v) is 0.954. The van der Waals surface area contributed by atoms with E-state index in [0.29, 0.717) is 5.89 Å². The van der Waals surface area contributed by atoms with Crippen LogP contribution >= 0.6 is 11.6 Å². The first-order valence-electron chi connectivity index (χ1n) is 4.20. The normalized spacial score (nSPS) is 13.2. The van der Waals surface area contributed by atoms with Gasteiger partial charge in [0.2, 0.25) is 5.89 Å². The minimum Gasteiger partial charge on any atom is -0.338 e. The van der Waals surface area contributed by atoms with E-state index in [2.05, 4.69) is 17.1 Å². The SMILES string of the molecule is CCCCc1noc([C@H](C)Cl)n1. The second-order valence-corrected chi connectivity index (χ2v) is 3.42. The van der Waals surface area contributed by atoms with Gasteiger partial charge in [-0.2, -0.15) is 4.98 Å². The molecule has 1 aromatic rings. The molecule has 0 unspecified atom stereocenters. The van der Waals surface area contributed by atoms with Crippen molar-refractivity contribution in [1.29, 1.82) is 0 Å². The number of alkyl halides is 1. The Kier molecular flexibility index (Phi) is 3.53. The molecule has 1 heterocycles. The molecule has 0 bridgehead atoms. The lowest BCUT2D eigenvalue weighted by molar-refractivity contribution is 0.373. The van der Waals surface area contributed by atoms with E-state index in [1.54, 1.807) is 0 Å². The zero-order chi connectivity index (χ0) is 8.97. The van der Waals surface area contributed by atoms with Crippen LogP contribution in [0.4, 0.5) is 0 Å². The number of aromatic nitrogens is 2. The number of rotatable bonds is 4. The van der Waals surface area contributed by atoms with E-state index in [1.807, 2.05) is 6.92 Å². The first-order chi connectivity index (χ1) is 5.74. The Balaban J connectivity index is 2.52. The van der Waals surface area contributed by atoms with Crippen LogP contribution in [0.2, 0.25) is 0 Å². The topological polar surface area (TPSA) is 38.9 Å². The van der Waals surface area contributed by atoms with Crippen LogP contribution < -0.4 is 0 Å². The summed E-state index contributed by atoms with van der Waals surface area (Å²) >= 11 is 5.75. The molecule has 0 amide bonds. The van der Waals surface area contributed by atoms with Crippen LogP contribution in [0.5, 0.6) is 0 Å². The van der Waals surface area contributed by atoms with Gasteiger partial charge >= 0.3 is 0 Å². The van der Waals surface area contributed by atoms with E-state index < -0.39 is 0 Å². The summed E-state index contributed by atoms with van der Waals surface area (Å²) in [6, 6.07) is 0. The van der Waals surface area contributed by atoms with Crippen LogP contribution in [0.3, 0.4) is 0 Å². The van der Waals surface area contributed by atoms with Crippen molar-refractivity contribution in [2.45, 2.75) is 38.5 Å². The number of unbranched alkanes of at least 4 members (excludes halogenated alkanes) is 1. The van der Waals surface area contributed by atoms with Gasteiger partial charge in [0.25, 0.3) is 0 Å². The zero-order valence-electron chi connectivity index (χ0n) is 7.38. The van der Waals surface area contributed by atoms with Crippen molar-refractivity contribution in [3.05, 3.63) is 11.7 Å². The minimum atomic E-state index is -0.187. The van der Waals surface area contributed by atoms with Crippen LogP contribution in [-0.4, -0.2) is 10.1 Å². The van der Waals surface area contributed by atoms with E-state index >= 15 is 0 Å². The van der Waals surface area contributed by atoms with Crippen molar-refractivity contribution < 1.29 is 4.52 Å². The highest BCUT2D eigenvalue weighted by Gasteiger charge is 2.10. The first kappa shape index (κ1) is 9.52. The molecule has 0 aliphatic heterocycles. The lowest BCUT2D eigenvalue weighted by Gasteiger charge is -1.90. The maximum absolute atomic E-state index is 5.75. The highest BCUT2D eigenvalue weighted by molar-refractivity contribution is 6.20. The molecule has 0 saturated heterocycles. The molecule has 0 fully saturated rings. The van der Waals surface area contributed by atoms with Gasteiger partial charge in [0.15, 0.2) is 5.82 Å². The molecular formula is C8H13ClN2O. The van der Waals surface area contributed by atoms with Gasteiger partial charge in [-0.05, 0) is 13.3 Å². The van der Waals surface area contributed by atoms with E-state index in [0.717, 1.165) is 25.1 Å². The molecule has 0 saturated carbocycles. The van der Waals surface area contributed by atoms with Crippen molar-refractivity contribution in [3.8, 4) is 0 Å². The van der Waals surface area contributed by atoms with Gasteiger partial charge < -0.3 is 4.52 Å². The third-order valence-electron chi connectivity index (χ3n) is 1.58. The predicted molar refractivity (Wildman–Crippen MR) is 47.2 cm³/mol. The fraction of sp³-hybridized carbons (Fsp3) is 0.750. The Labute approximate surface area is 77.1 Å². The van der Waals surface area contributed by atoms with Crippen LogP contribution in [0, 0.1) is 0 Å². The Morgan fingerprint density at radius 3 is 2.83 bits per heavy atom. The molecule has 0 radical (unpaired) electrons. The molecule has 4 heteroatoms. The molecule has 0 aromatic carbocycles.